The van der Waals surface area contributed by atoms with E-state index in [0.29, 0.717) is 13.1 Å². The molecule has 2 saturated heterocycles. The van der Waals surface area contributed by atoms with Crippen molar-refractivity contribution in [1.29, 1.82) is 0 Å². The van der Waals surface area contributed by atoms with Crippen LogP contribution in [0.3, 0.4) is 0 Å². The summed E-state index contributed by atoms with van der Waals surface area (Å²) < 4.78 is 19.4. The summed E-state index contributed by atoms with van der Waals surface area (Å²) in [6.07, 6.45) is 2.72. The molecule has 2 aliphatic heterocycles. The highest BCUT2D eigenvalue weighted by atomic mass is 19.1. The molecule has 3 heterocycles. The predicted molar refractivity (Wildman–Crippen MR) is 107 cm³/mol. The first-order valence-corrected chi connectivity index (χ1v) is 10.2. The van der Waals surface area contributed by atoms with Gasteiger partial charge in [0.05, 0.1) is 6.20 Å². The number of rotatable bonds is 3. The molecule has 6 nitrogen and oxygen atoms in total. The molecule has 0 aliphatic carbocycles. The van der Waals surface area contributed by atoms with Gasteiger partial charge in [-0.3, -0.25) is 9.88 Å². The van der Waals surface area contributed by atoms with Crippen LogP contribution in [-0.4, -0.2) is 77.7 Å². The van der Waals surface area contributed by atoms with Crippen molar-refractivity contribution in [2.24, 2.45) is 0 Å². The maximum absolute atomic E-state index is 13.9. The van der Waals surface area contributed by atoms with Crippen molar-refractivity contribution in [1.82, 2.24) is 19.7 Å². The summed E-state index contributed by atoms with van der Waals surface area (Å²) in [6.45, 7) is 11.7. The number of piperazine rings is 1. The number of likely N-dealkylation sites (N-methyl/N-ethyl adjacent to an activating group) is 1. The second-order valence-electron chi connectivity index (χ2n) is 9.02. The Hall–Kier alpha value is -1.73. The number of hydrogen-bond donors (Lipinski definition) is 0. The Morgan fingerprint density at radius 1 is 1.18 bits per heavy atom. The van der Waals surface area contributed by atoms with Gasteiger partial charge in [-0.1, -0.05) is 0 Å². The molecule has 3 rings (SSSR count). The number of ether oxygens (including phenoxy) is 1. The standard InChI is InChI=1S/C21H33FN4O2/c1-21(2,3)28-20(27)26-7-5-16(6-8-26)19-17(13-18(22)14-23-19)15-25-11-9-24(4)10-12-25/h13-14,16H,5-12,15H2,1-4H3. The Kier molecular flexibility index (Phi) is 6.55. The second kappa shape index (κ2) is 8.74. The highest BCUT2D eigenvalue weighted by Gasteiger charge is 2.29. The summed E-state index contributed by atoms with van der Waals surface area (Å²) in [5.74, 6) is -0.0270. The van der Waals surface area contributed by atoms with Crippen LogP contribution in [0, 0.1) is 5.82 Å². The summed E-state index contributed by atoms with van der Waals surface area (Å²) in [5.41, 5.74) is 1.49. The third-order valence-corrected chi connectivity index (χ3v) is 5.49. The fourth-order valence-electron chi connectivity index (χ4n) is 3.89. The summed E-state index contributed by atoms with van der Waals surface area (Å²) in [4.78, 5) is 23.2. The molecule has 0 N–H and O–H groups in total. The summed E-state index contributed by atoms with van der Waals surface area (Å²) in [6, 6.07) is 1.64. The van der Waals surface area contributed by atoms with E-state index in [1.165, 1.54) is 6.20 Å². The Bertz CT molecular complexity index is 675. The molecular weight excluding hydrogens is 359 g/mol. The van der Waals surface area contributed by atoms with Crippen molar-refractivity contribution in [2.45, 2.75) is 51.7 Å². The minimum absolute atomic E-state index is 0.252. The van der Waals surface area contributed by atoms with Crippen molar-refractivity contribution in [3.63, 3.8) is 0 Å². The number of pyridine rings is 1. The van der Waals surface area contributed by atoms with E-state index in [-0.39, 0.29) is 17.8 Å². The van der Waals surface area contributed by atoms with E-state index in [0.717, 1.165) is 56.8 Å². The van der Waals surface area contributed by atoms with Crippen molar-refractivity contribution < 1.29 is 13.9 Å². The number of carbonyl (C=O) groups excluding carboxylic acids is 1. The van der Waals surface area contributed by atoms with Crippen LogP contribution >= 0.6 is 0 Å². The third kappa shape index (κ3) is 5.64. The first-order chi connectivity index (χ1) is 13.2. The van der Waals surface area contributed by atoms with Gasteiger partial charge < -0.3 is 14.5 Å². The number of piperidine rings is 1. The Morgan fingerprint density at radius 2 is 1.82 bits per heavy atom. The van der Waals surface area contributed by atoms with E-state index in [9.17, 15) is 9.18 Å². The van der Waals surface area contributed by atoms with Crippen LogP contribution in [0.1, 0.15) is 50.8 Å². The largest absolute Gasteiger partial charge is 0.444 e. The van der Waals surface area contributed by atoms with Crippen molar-refractivity contribution in [3.8, 4) is 0 Å². The van der Waals surface area contributed by atoms with Gasteiger partial charge in [-0.2, -0.15) is 0 Å². The van der Waals surface area contributed by atoms with Crippen LogP contribution in [0.2, 0.25) is 0 Å². The lowest BCUT2D eigenvalue weighted by Crippen LogP contribution is -2.44. The fourth-order valence-corrected chi connectivity index (χ4v) is 3.89. The lowest BCUT2D eigenvalue weighted by atomic mass is 9.90. The molecule has 1 aromatic rings. The van der Waals surface area contributed by atoms with Crippen molar-refractivity contribution in [2.75, 3.05) is 46.3 Å². The van der Waals surface area contributed by atoms with Crippen LogP contribution in [0.4, 0.5) is 9.18 Å². The lowest BCUT2D eigenvalue weighted by Gasteiger charge is -2.35. The number of amides is 1. The van der Waals surface area contributed by atoms with Gasteiger partial charge in [0, 0.05) is 57.4 Å². The molecule has 0 radical (unpaired) electrons. The molecule has 1 aromatic heterocycles. The van der Waals surface area contributed by atoms with Crippen molar-refractivity contribution in [3.05, 3.63) is 29.3 Å². The maximum Gasteiger partial charge on any atom is 0.410 e. The van der Waals surface area contributed by atoms with Crippen LogP contribution < -0.4 is 0 Å². The number of likely N-dealkylation sites (tertiary alicyclic amines) is 1. The Balaban J connectivity index is 1.63. The average molecular weight is 393 g/mol. The van der Waals surface area contributed by atoms with Crippen LogP contribution in [-0.2, 0) is 11.3 Å². The topological polar surface area (TPSA) is 48.9 Å². The number of nitrogens with zero attached hydrogens (tertiary/aromatic N) is 4. The SMILES string of the molecule is CN1CCN(Cc2cc(F)cnc2C2CCN(C(=O)OC(C)(C)C)CC2)CC1. The molecular formula is C21H33FN4O2. The molecule has 0 atom stereocenters. The summed E-state index contributed by atoms with van der Waals surface area (Å²) in [5, 5.41) is 0. The van der Waals surface area contributed by atoms with E-state index in [1.54, 1.807) is 11.0 Å². The quantitative estimate of drug-likeness (QED) is 0.791. The first kappa shape index (κ1) is 21.0. The molecule has 2 aliphatic rings. The number of carbonyl (C=O) groups is 1. The third-order valence-electron chi connectivity index (χ3n) is 5.49. The highest BCUT2D eigenvalue weighted by molar-refractivity contribution is 5.68. The highest BCUT2D eigenvalue weighted by Crippen LogP contribution is 2.30. The predicted octanol–water partition coefficient (Wildman–Crippen LogP) is 3.08. The van der Waals surface area contributed by atoms with E-state index >= 15 is 0 Å². The normalized spacial score (nSPS) is 20.4. The van der Waals surface area contributed by atoms with Crippen LogP contribution in [0.15, 0.2) is 12.3 Å². The molecule has 28 heavy (non-hydrogen) atoms. The second-order valence-corrected chi connectivity index (χ2v) is 9.02. The Labute approximate surface area is 167 Å². The van der Waals surface area contributed by atoms with Gasteiger partial charge in [0.1, 0.15) is 11.4 Å². The molecule has 2 fully saturated rings. The monoisotopic (exact) mass is 392 g/mol. The lowest BCUT2D eigenvalue weighted by molar-refractivity contribution is 0.0203. The molecule has 156 valence electrons. The maximum atomic E-state index is 13.9. The number of hydrogen-bond acceptors (Lipinski definition) is 5. The average Bonchev–Trinajstić information content (AvgIpc) is 2.63. The van der Waals surface area contributed by atoms with Gasteiger partial charge in [0.2, 0.25) is 0 Å². The molecule has 0 spiro atoms. The smallest absolute Gasteiger partial charge is 0.410 e. The fraction of sp³-hybridized carbons (Fsp3) is 0.714. The molecule has 1 amide bonds. The van der Waals surface area contributed by atoms with Gasteiger partial charge in [0.25, 0.3) is 0 Å². The number of halogens is 1. The van der Waals surface area contributed by atoms with Gasteiger partial charge in [-0.05, 0) is 52.3 Å². The van der Waals surface area contributed by atoms with E-state index < -0.39 is 5.60 Å². The van der Waals surface area contributed by atoms with Crippen LogP contribution in [0.25, 0.3) is 0 Å². The zero-order valence-corrected chi connectivity index (χ0v) is 17.6. The van der Waals surface area contributed by atoms with Gasteiger partial charge in [-0.15, -0.1) is 0 Å². The molecule has 0 aromatic carbocycles. The minimum atomic E-state index is -0.484. The van der Waals surface area contributed by atoms with E-state index in [1.807, 2.05) is 20.8 Å². The molecule has 7 heteroatoms. The number of aromatic nitrogens is 1. The van der Waals surface area contributed by atoms with Crippen molar-refractivity contribution >= 4 is 6.09 Å². The van der Waals surface area contributed by atoms with E-state index in [4.69, 9.17) is 4.74 Å². The van der Waals surface area contributed by atoms with Gasteiger partial charge >= 0.3 is 6.09 Å². The molecule has 0 bridgehead atoms. The van der Waals surface area contributed by atoms with E-state index in [2.05, 4.69) is 21.8 Å². The van der Waals surface area contributed by atoms with Gasteiger partial charge in [0.15, 0.2) is 0 Å². The summed E-state index contributed by atoms with van der Waals surface area (Å²) in [7, 11) is 2.13. The zero-order valence-electron chi connectivity index (χ0n) is 17.6. The van der Waals surface area contributed by atoms with Crippen LogP contribution in [0.5, 0.6) is 0 Å². The van der Waals surface area contributed by atoms with Gasteiger partial charge in [-0.25, -0.2) is 9.18 Å². The first-order valence-electron chi connectivity index (χ1n) is 10.2. The Morgan fingerprint density at radius 3 is 2.43 bits per heavy atom. The molecule has 0 unspecified atom stereocenters. The zero-order chi connectivity index (χ0) is 20.3. The summed E-state index contributed by atoms with van der Waals surface area (Å²) >= 11 is 0. The minimum Gasteiger partial charge on any atom is -0.444 e. The molecule has 0 saturated carbocycles.